The van der Waals surface area contributed by atoms with Crippen LogP contribution in [0.3, 0.4) is 0 Å². The Bertz CT molecular complexity index is 604. The van der Waals surface area contributed by atoms with Gasteiger partial charge < -0.3 is 13.3 Å². The molecule has 0 aromatic heterocycles. The van der Waals surface area contributed by atoms with Gasteiger partial charge in [0, 0.05) is 25.2 Å². The highest BCUT2D eigenvalue weighted by atomic mass is 32.2. The van der Waals surface area contributed by atoms with Crippen molar-refractivity contribution < 1.29 is 21.7 Å². The summed E-state index contributed by atoms with van der Waals surface area (Å²) >= 11 is 0. The lowest BCUT2D eigenvalue weighted by Crippen LogP contribution is -2.45. The molecule has 25 heavy (non-hydrogen) atoms. The predicted molar refractivity (Wildman–Crippen MR) is 102 cm³/mol. The van der Waals surface area contributed by atoms with Gasteiger partial charge in [-0.25, -0.2) is 8.42 Å². The molecule has 0 aliphatic heterocycles. The van der Waals surface area contributed by atoms with Gasteiger partial charge in [-0.2, -0.15) is 0 Å². The standard InChI is InChI=1S/C18H30O5SSi/c1-5-12-21-25(22-13-6-2,23-14-7-3)16-15-24(19,20)18-10-8-17(4)9-11-18/h8-11,15-16H,5-7,12-14H2,1-4H3. The van der Waals surface area contributed by atoms with Crippen molar-refractivity contribution in [1.29, 1.82) is 0 Å². The van der Waals surface area contributed by atoms with Gasteiger partial charge in [0.25, 0.3) is 0 Å². The average molecular weight is 387 g/mol. The number of aryl methyl sites for hydroxylation is 1. The van der Waals surface area contributed by atoms with E-state index in [0.29, 0.717) is 19.8 Å². The normalized spacial score (nSPS) is 12.8. The van der Waals surface area contributed by atoms with E-state index in [4.69, 9.17) is 13.3 Å². The van der Waals surface area contributed by atoms with Crippen LogP contribution < -0.4 is 0 Å². The molecule has 0 bridgehead atoms. The molecular weight excluding hydrogens is 356 g/mol. The van der Waals surface area contributed by atoms with Gasteiger partial charge in [-0.1, -0.05) is 38.5 Å². The van der Waals surface area contributed by atoms with Gasteiger partial charge in [0.15, 0.2) is 9.84 Å². The zero-order valence-corrected chi connectivity index (χ0v) is 17.5. The Labute approximate surface area is 153 Å². The van der Waals surface area contributed by atoms with Crippen LogP contribution in [0.15, 0.2) is 40.3 Å². The Morgan fingerprint density at radius 3 is 1.72 bits per heavy atom. The van der Waals surface area contributed by atoms with Crippen molar-refractivity contribution in [2.45, 2.75) is 51.9 Å². The largest absolute Gasteiger partial charge is 0.530 e. The molecule has 0 radical (unpaired) electrons. The Morgan fingerprint density at radius 2 is 1.32 bits per heavy atom. The fraction of sp³-hybridized carbons (Fsp3) is 0.556. The van der Waals surface area contributed by atoms with Crippen LogP contribution in [-0.2, 0) is 23.1 Å². The minimum absolute atomic E-state index is 0.249. The van der Waals surface area contributed by atoms with Gasteiger partial charge >= 0.3 is 8.80 Å². The zero-order valence-electron chi connectivity index (χ0n) is 15.7. The summed E-state index contributed by atoms with van der Waals surface area (Å²) in [5.41, 5.74) is 2.51. The third-order valence-corrected chi connectivity index (χ3v) is 7.38. The molecule has 7 heteroatoms. The zero-order chi connectivity index (χ0) is 18.8. The molecule has 0 unspecified atom stereocenters. The molecule has 0 amide bonds. The number of hydrogen-bond donors (Lipinski definition) is 0. The molecule has 1 aromatic carbocycles. The summed E-state index contributed by atoms with van der Waals surface area (Å²) < 4.78 is 42.8. The molecule has 1 aromatic rings. The Balaban J connectivity index is 3.10. The van der Waals surface area contributed by atoms with Gasteiger partial charge in [-0.3, -0.25) is 0 Å². The van der Waals surface area contributed by atoms with Crippen molar-refractivity contribution in [1.82, 2.24) is 0 Å². The van der Waals surface area contributed by atoms with E-state index >= 15 is 0 Å². The number of hydrogen-bond acceptors (Lipinski definition) is 5. The van der Waals surface area contributed by atoms with Gasteiger partial charge in [-0.05, 0) is 44.0 Å². The second-order valence-corrected chi connectivity index (χ2v) is 10.0. The van der Waals surface area contributed by atoms with Crippen LogP contribution in [0.1, 0.15) is 45.6 Å². The fourth-order valence-corrected chi connectivity index (χ4v) is 6.04. The third kappa shape index (κ3) is 7.41. The highest BCUT2D eigenvalue weighted by Gasteiger charge is 2.39. The Kier molecular flexibility index (Phi) is 9.59. The molecule has 1 rings (SSSR count). The SMILES string of the molecule is CCCO[Si](C=CS(=O)(=O)c1ccc(C)cc1)(OCCC)OCCC. The number of rotatable bonds is 12. The summed E-state index contributed by atoms with van der Waals surface area (Å²) in [6.07, 6.45) is 2.41. The molecule has 0 spiro atoms. The van der Waals surface area contributed by atoms with Crippen LogP contribution in [0.2, 0.25) is 0 Å². The minimum Gasteiger partial charge on any atom is -0.370 e. The molecule has 0 aliphatic carbocycles. The summed E-state index contributed by atoms with van der Waals surface area (Å²) in [5, 5.41) is 1.17. The molecular formula is C18H30O5SSi. The predicted octanol–water partition coefficient (Wildman–Crippen LogP) is 4.04. The lowest BCUT2D eigenvalue weighted by Gasteiger charge is -2.26. The first kappa shape index (κ1) is 22.0. The van der Waals surface area contributed by atoms with Gasteiger partial charge in [-0.15, -0.1) is 0 Å². The van der Waals surface area contributed by atoms with E-state index in [0.717, 1.165) is 24.8 Å². The van der Waals surface area contributed by atoms with E-state index in [1.807, 2.05) is 27.7 Å². The average Bonchev–Trinajstić information content (AvgIpc) is 2.61. The van der Waals surface area contributed by atoms with Gasteiger partial charge in [0.2, 0.25) is 0 Å². The van der Waals surface area contributed by atoms with E-state index < -0.39 is 18.6 Å². The molecule has 0 atom stereocenters. The quantitative estimate of drug-likeness (QED) is 0.507. The minimum atomic E-state index is -3.57. The summed E-state index contributed by atoms with van der Waals surface area (Å²) in [7, 11) is -6.74. The van der Waals surface area contributed by atoms with E-state index in [-0.39, 0.29) is 4.90 Å². The van der Waals surface area contributed by atoms with Gasteiger partial charge in [0.05, 0.1) is 4.90 Å². The number of sulfone groups is 1. The van der Waals surface area contributed by atoms with Crippen LogP contribution in [0.5, 0.6) is 0 Å². The van der Waals surface area contributed by atoms with E-state index in [2.05, 4.69) is 0 Å². The van der Waals surface area contributed by atoms with E-state index in [1.54, 1.807) is 24.3 Å². The van der Waals surface area contributed by atoms with E-state index in [9.17, 15) is 8.42 Å². The summed E-state index contributed by atoms with van der Waals surface area (Å²) in [5.74, 6) is 0. The summed E-state index contributed by atoms with van der Waals surface area (Å²) in [4.78, 5) is 0.249. The molecule has 0 saturated carbocycles. The van der Waals surface area contributed by atoms with Crippen molar-refractivity contribution >= 4 is 18.6 Å². The molecule has 0 aliphatic rings. The van der Waals surface area contributed by atoms with Crippen molar-refractivity contribution in [3.8, 4) is 0 Å². The van der Waals surface area contributed by atoms with E-state index in [1.165, 1.54) is 11.1 Å². The Hall–Kier alpha value is -0.993. The van der Waals surface area contributed by atoms with Crippen LogP contribution in [0, 0.1) is 6.92 Å². The second kappa shape index (κ2) is 10.9. The lowest BCUT2D eigenvalue weighted by molar-refractivity contribution is 0.0716. The van der Waals surface area contributed by atoms with Crippen molar-refractivity contribution in [3.05, 3.63) is 40.9 Å². The maximum Gasteiger partial charge on any atom is 0.530 e. The first-order valence-electron chi connectivity index (χ1n) is 8.82. The lowest BCUT2D eigenvalue weighted by atomic mass is 10.2. The van der Waals surface area contributed by atoms with Crippen molar-refractivity contribution in [2.24, 2.45) is 0 Å². The molecule has 5 nitrogen and oxygen atoms in total. The van der Waals surface area contributed by atoms with Gasteiger partial charge in [0.1, 0.15) is 0 Å². The molecule has 142 valence electrons. The van der Waals surface area contributed by atoms with Crippen LogP contribution >= 0.6 is 0 Å². The van der Waals surface area contributed by atoms with Crippen LogP contribution in [0.4, 0.5) is 0 Å². The monoisotopic (exact) mass is 386 g/mol. The van der Waals surface area contributed by atoms with Crippen molar-refractivity contribution in [2.75, 3.05) is 19.8 Å². The van der Waals surface area contributed by atoms with Crippen molar-refractivity contribution in [3.63, 3.8) is 0 Å². The third-order valence-electron chi connectivity index (χ3n) is 3.32. The summed E-state index contributed by atoms with van der Waals surface area (Å²) in [6, 6.07) is 6.76. The maximum atomic E-state index is 12.6. The topological polar surface area (TPSA) is 61.8 Å². The first-order valence-corrected chi connectivity index (χ1v) is 12.2. The Morgan fingerprint density at radius 1 is 0.880 bits per heavy atom. The highest BCUT2D eigenvalue weighted by molar-refractivity contribution is 7.94. The molecule has 0 heterocycles. The first-order chi connectivity index (χ1) is 11.9. The number of benzene rings is 1. The van der Waals surface area contributed by atoms with Crippen LogP contribution in [0.25, 0.3) is 0 Å². The molecule has 0 fully saturated rings. The molecule has 0 N–H and O–H groups in total. The van der Waals surface area contributed by atoms with Crippen LogP contribution in [-0.4, -0.2) is 37.0 Å². The highest BCUT2D eigenvalue weighted by Crippen LogP contribution is 2.18. The smallest absolute Gasteiger partial charge is 0.370 e. The maximum absolute atomic E-state index is 12.6. The fourth-order valence-electron chi connectivity index (χ4n) is 1.98. The summed E-state index contributed by atoms with van der Waals surface area (Å²) in [6.45, 7) is 9.29. The molecule has 0 saturated heterocycles. The second-order valence-electron chi connectivity index (χ2n) is 5.81.